The quantitative estimate of drug-likeness (QED) is 0.786. The van der Waals surface area contributed by atoms with Gasteiger partial charge in [0.25, 0.3) is 0 Å². The summed E-state index contributed by atoms with van der Waals surface area (Å²) in [6.45, 7) is 5.47. The van der Waals surface area contributed by atoms with Gasteiger partial charge in [0.05, 0.1) is 6.10 Å². The third kappa shape index (κ3) is 3.84. The second kappa shape index (κ2) is 8.02. The van der Waals surface area contributed by atoms with Gasteiger partial charge in [0.2, 0.25) is 0 Å². The molecule has 3 aliphatic rings. The lowest BCUT2D eigenvalue weighted by atomic mass is 9.95. The van der Waals surface area contributed by atoms with E-state index < -0.39 is 0 Å². The fraction of sp³-hybridized carbons (Fsp3) is 0.714. The average Bonchev–Trinajstić information content (AvgIpc) is 3.42. The molecule has 0 spiro atoms. The highest BCUT2D eigenvalue weighted by molar-refractivity contribution is 7.12. The summed E-state index contributed by atoms with van der Waals surface area (Å²) < 4.78 is 8.28. The molecule has 2 aromatic rings. The van der Waals surface area contributed by atoms with Crippen LogP contribution in [0.15, 0.2) is 12.1 Å². The van der Waals surface area contributed by atoms with Crippen LogP contribution in [0.4, 0.5) is 0 Å². The maximum absolute atomic E-state index is 5.83. The largest absolute Gasteiger partial charge is 0.373 e. The van der Waals surface area contributed by atoms with E-state index in [1.165, 1.54) is 79.4 Å². The Labute approximate surface area is 165 Å². The summed E-state index contributed by atoms with van der Waals surface area (Å²) in [5, 5.41) is 9.11. The number of aryl methyl sites for hydroxylation is 1. The summed E-state index contributed by atoms with van der Waals surface area (Å²) in [7, 11) is 0. The normalized spacial score (nSPS) is 24.8. The summed E-state index contributed by atoms with van der Waals surface area (Å²) >= 11 is 1.95. The molecule has 27 heavy (non-hydrogen) atoms. The molecular formula is C21H30N4OS. The third-order valence-corrected chi connectivity index (χ3v) is 7.56. The van der Waals surface area contributed by atoms with Gasteiger partial charge in [-0.2, -0.15) is 0 Å². The molecule has 0 amide bonds. The molecule has 5 rings (SSSR count). The summed E-state index contributed by atoms with van der Waals surface area (Å²) in [5.41, 5.74) is 0. The highest BCUT2D eigenvalue weighted by Crippen LogP contribution is 2.35. The number of ether oxygens (including phenoxy) is 1. The van der Waals surface area contributed by atoms with Gasteiger partial charge >= 0.3 is 0 Å². The molecule has 1 atom stereocenters. The summed E-state index contributed by atoms with van der Waals surface area (Å²) in [6.07, 6.45) is 10.2. The molecule has 1 unspecified atom stereocenters. The molecule has 0 saturated carbocycles. The van der Waals surface area contributed by atoms with Gasteiger partial charge in [-0.25, -0.2) is 0 Å². The highest BCUT2D eigenvalue weighted by atomic mass is 32.1. The van der Waals surface area contributed by atoms with E-state index in [4.69, 9.17) is 4.74 Å². The lowest BCUT2D eigenvalue weighted by molar-refractivity contribution is 0.114. The SMILES string of the molecule is c1cc(C2CCCO2)sc1CN1CCC(c2nnc3n2CCCCC3)CC1. The molecular weight excluding hydrogens is 356 g/mol. The Morgan fingerprint density at radius 3 is 2.78 bits per heavy atom. The molecule has 0 radical (unpaired) electrons. The van der Waals surface area contributed by atoms with E-state index in [0.717, 1.165) is 26.1 Å². The van der Waals surface area contributed by atoms with E-state index in [1.54, 1.807) is 0 Å². The van der Waals surface area contributed by atoms with Crippen LogP contribution in [0.5, 0.6) is 0 Å². The summed E-state index contributed by atoms with van der Waals surface area (Å²) in [4.78, 5) is 5.51. The van der Waals surface area contributed by atoms with Crippen LogP contribution in [0.2, 0.25) is 0 Å². The van der Waals surface area contributed by atoms with E-state index in [1.807, 2.05) is 11.3 Å². The van der Waals surface area contributed by atoms with Gasteiger partial charge in [0, 0.05) is 41.8 Å². The van der Waals surface area contributed by atoms with Crippen molar-refractivity contribution in [3.05, 3.63) is 33.5 Å². The van der Waals surface area contributed by atoms with E-state index in [9.17, 15) is 0 Å². The van der Waals surface area contributed by atoms with Crippen LogP contribution in [0.25, 0.3) is 0 Å². The first-order valence-corrected chi connectivity index (χ1v) is 11.5. The van der Waals surface area contributed by atoms with Gasteiger partial charge in [0.1, 0.15) is 11.6 Å². The molecule has 0 bridgehead atoms. The highest BCUT2D eigenvalue weighted by Gasteiger charge is 2.27. The van der Waals surface area contributed by atoms with E-state index in [0.29, 0.717) is 12.0 Å². The summed E-state index contributed by atoms with van der Waals surface area (Å²) in [5.74, 6) is 3.08. The Morgan fingerprint density at radius 2 is 1.93 bits per heavy atom. The van der Waals surface area contributed by atoms with Crippen LogP contribution in [0, 0.1) is 0 Å². The van der Waals surface area contributed by atoms with Crippen molar-refractivity contribution < 1.29 is 4.74 Å². The summed E-state index contributed by atoms with van der Waals surface area (Å²) in [6, 6.07) is 4.60. The van der Waals surface area contributed by atoms with Crippen molar-refractivity contribution in [3.8, 4) is 0 Å². The minimum Gasteiger partial charge on any atom is -0.373 e. The zero-order valence-electron chi connectivity index (χ0n) is 16.1. The maximum atomic E-state index is 5.83. The first kappa shape index (κ1) is 17.8. The fourth-order valence-electron chi connectivity index (χ4n) is 4.83. The number of hydrogen-bond donors (Lipinski definition) is 0. The molecule has 0 N–H and O–H groups in total. The molecule has 5 nitrogen and oxygen atoms in total. The monoisotopic (exact) mass is 386 g/mol. The molecule has 6 heteroatoms. The molecule has 0 aliphatic carbocycles. The second-order valence-corrected chi connectivity index (χ2v) is 9.49. The van der Waals surface area contributed by atoms with Gasteiger partial charge in [-0.3, -0.25) is 4.90 Å². The van der Waals surface area contributed by atoms with Gasteiger partial charge in [-0.15, -0.1) is 21.5 Å². The Balaban J connectivity index is 1.18. The topological polar surface area (TPSA) is 43.2 Å². The van der Waals surface area contributed by atoms with Crippen molar-refractivity contribution in [2.45, 2.75) is 76.5 Å². The van der Waals surface area contributed by atoms with Crippen molar-refractivity contribution in [1.82, 2.24) is 19.7 Å². The number of thiophene rings is 1. The molecule has 0 aromatic carbocycles. The van der Waals surface area contributed by atoms with Crippen LogP contribution in [-0.4, -0.2) is 39.4 Å². The minimum absolute atomic E-state index is 0.359. The number of nitrogens with zero attached hydrogens (tertiary/aromatic N) is 4. The number of likely N-dealkylation sites (tertiary alicyclic amines) is 1. The number of aromatic nitrogens is 3. The Bertz CT molecular complexity index is 756. The molecule has 146 valence electrons. The number of hydrogen-bond acceptors (Lipinski definition) is 5. The fourth-order valence-corrected chi connectivity index (χ4v) is 5.97. The Hall–Kier alpha value is -1.24. The van der Waals surface area contributed by atoms with Crippen molar-refractivity contribution in [3.63, 3.8) is 0 Å². The second-order valence-electron chi connectivity index (χ2n) is 8.29. The number of rotatable bonds is 4. The molecule has 3 aliphatic heterocycles. The Morgan fingerprint density at radius 1 is 1.00 bits per heavy atom. The van der Waals surface area contributed by atoms with Crippen LogP contribution >= 0.6 is 11.3 Å². The van der Waals surface area contributed by atoms with E-state index in [2.05, 4.69) is 31.8 Å². The predicted octanol–water partition coefficient (Wildman–Crippen LogP) is 4.30. The number of fused-ring (bicyclic) bond motifs is 1. The van der Waals surface area contributed by atoms with Crippen molar-refractivity contribution in [1.29, 1.82) is 0 Å². The van der Waals surface area contributed by atoms with Crippen LogP contribution in [-0.2, 0) is 24.2 Å². The van der Waals surface area contributed by atoms with Gasteiger partial charge < -0.3 is 9.30 Å². The lowest BCUT2D eigenvalue weighted by Gasteiger charge is -2.31. The molecule has 2 fully saturated rings. The van der Waals surface area contributed by atoms with Gasteiger partial charge in [-0.05, 0) is 63.7 Å². The molecule has 5 heterocycles. The Kier molecular flexibility index (Phi) is 5.29. The van der Waals surface area contributed by atoms with Crippen LogP contribution in [0.1, 0.15) is 78.4 Å². The smallest absolute Gasteiger partial charge is 0.136 e. The van der Waals surface area contributed by atoms with Gasteiger partial charge in [0.15, 0.2) is 0 Å². The first-order valence-electron chi connectivity index (χ1n) is 10.7. The van der Waals surface area contributed by atoms with E-state index >= 15 is 0 Å². The van der Waals surface area contributed by atoms with Crippen molar-refractivity contribution >= 4 is 11.3 Å². The third-order valence-electron chi connectivity index (χ3n) is 6.40. The van der Waals surface area contributed by atoms with Crippen LogP contribution < -0.4 is 0 Å². The van der Waals surface area contributed by atoms with E-state index in [-0.39, 0.29) is 0 Å². The number of piperidine rings is 1. The van der Waals surface area contributed by atoms with Crippen LogP contribution in [0.3, 0.4) is 0 Å². The first-order chi connectivity index (χ1) is 13.4. The minimum atomic E-state index is 0.359. The lowest BCUT2D eigenvalue weighted by Crippen LogP contribution is -2.33. The van der Waals surface area contributed by atoms with Crippen molar-refractivity contribution in [2.24, 2.45) is 0 Å². The maximum Gasteiger partial charge on any atom is 0.136 e. The van der Waals surface area contributed by atoms with Gasteiger partial charge in [-0.1, -0.05) is 6.42 Å². The molecule has 2 saturated heterocycles. The average molecular weight is 387 g/mol. The van der Waals surface area contributed by atoms with Crippen molar-refractivity contribution in [2.75, 3.05) is 19.7 Å². The zero-order chi connectivity index (χ0) is 18.1. The molecule has 2 aromatic heterocycles. The predicted molar refractivity (Wildman–Crippen MR) is 107 cm³/mol. The standard InChI is InChI=1S/C21H30N4OS/c1-2-6-20-22-23-21(25(20)11-3-1)16-9-12-24(13-10-16)15-17-7-8-19(27-17)18-5-4-14-26-18/h7-8,16,18H,1-6,9-15H2. The zero-order valence-corrected chi connectivity index (χ0v) is 16.9.